The number of oxazole rings is 1. The van der Waals surface area contributed by atoms with E-state index in [2.05, 4.69) is 10.3 Å². The van der Waals surface area contributed by atoms with Crippen LogP contribution in [0.5, 0.6) is 0 Å². The van der Waals surface area contributed by atoms with Crippen LogP contribution in [0.4, 0.5) is 4.79 Å². The maximum atomic E-state index is 12.4. The molecule has 7 heteroatoms. The molecule has 3 heterocycles. The number of carbonyl (C=O) groups is 1. The molecule has 1 atom stereocenters. The summed E-state index contributed by atoms with van der Waals surface area (Å²) in [6.45, 7) is 1.12. The summed E-state index contributed by atoms with van der Waals surface area (Å²) in [4.78, 5) is 19.4. The number of amides is 2. The third kappa shape index (κ3) is 3.92. The van der Waals surface area contributed by atoms with Gasteiger partial charge in [-0.1, -0.05) is 6.07 Å². The van der Waals surface area contributed by atoms with Gasteiger partial charge in [-0.05, 0) is 37.1 Å². The van der Waals surface area contributed by atoms with E-state index in [4.69, 9.17) is 9.52 Å². The van der Waals surface area contributed by atoms with E-state index in [1.807, 2.05) is 22.4 Å². The first-order valence-electron chi connectivity index (χ1n) is 7.92. The van der Waals surface area contributed by atoms with Gasteiger partial charge in [0.25, 0.3) is 0 Å². The highest BCUT2D eigenvalue weighted by Gasteiger charge is 2.26. The minimum absolute atomic E-state index is 0.109. The lowest BCUT2D eigenvalue weighted by molar-refractivity contribution is 0.131. The van der Waals surface area contributed by atoms with Gasteiger partial charge in [0, 0.05) is 19.2 Å². The molecule has 23 heavy (non-hydrogen) atoms. The number of aliphatic hydroxyl groups excluding tert-OH is 1. The second kappa shape index (κ2) is 7.61. The van der Waals surface area contributed by atoms with Crippen molar-refractivity contribution >= 4 is 17.4 Å². The molecule has 0 spiro atoms. The second-order valence-electron chi connectivity index (χ2n) is 5.61. The number of rotatable bonds is 5. The third-order valence-electron chi connectivity index (χ3n) is 4.06. The number of nitrogens with one attached hydrogen (secondary N) is 1. The highest BCUT2D eigenvalue weighted by atomic mass is 32.1. The first kappa shape index (κ1) is 16.0. The Kier molecular flexibility index (Phi) is 5.30. The highest BCUT2D eigenvalue weighted by molar-refractivity contribution is 7.13. The molecule has 2 N–H and O–H groups in total. The zero-order valence-electron chi connectivity index (χ0n) is 12.9. The number of carbonyl (C=O) groups excluding carboxylic acids is 1. The molecule has 0 bridgehead atoms. The topological polar surface area (TPSA) is 78.6 Å². The zero-order valence-corrected chi connectivity index (χ0v) is 13.7. The molecule has 1 aliphatic rings. The number of urea groups is 1. The van der Waals surface area contributed by atoms with Crippen LogP contribution in [-0.2, 0) is 6.54 Å². The van der Waals surface area contributed by atoms with Gasteiger partial charge in [0.05, 0.1) is 17.6 Å². The lowest BCUT2D eigenvalue weighted by Gasteiger charge is -2.35. The van der Waals surface area contributed by atoms with Gasteiger partial charge in [-0.15, -0.1) is 11.3 Å². The molecular weight excluding hydrogens is 314 g/mol. The smallest absolute Gasteiger partial charge is 0.318 e. The van der Waals surface area contributed by atoms with Crippen molar-refractivity contribution in [1.82, 2.24) is 15.2 Å². The summed E-state index contributed by atoms with van der Waals surface area (Å²) in [6.07, 6.45) is 5.39. The Bertz CT molecular complexity index is 624. The molecule has 1 aliphatic heterocycles. The SMILES string of the molecule is O=C(NCc1ncc(-c2cccs2)o1)N1CCCCC1CCO. The first-order valence-corrected chi connectivity index (χ1v) is 8.80. The van der Waals surface area contributed by atoms with Crippen LogP contribution in [0.2, 0.25) is 0 Å². The molecule has 2 amide bonds. The summed E-state index contributed by atoms with van der Waals surface area (Å²) in [5, 5.41) is 14.0. The summed E-state index contributed by atoms with van der Waals surface area (Å²) in [7, 11) is 0. The lowest BCUT2D eigenvalue weighted by Crippen LogP contribution is -2.48. The van der Waals surface area contributed by atoms with Crippen molar-refractivity contribution in [2.45, 2.75) is 38.3 Å². The quantitative estimate of drug-likeness (QED) is 0.881. The number of hydrogen-bond donors (Lipinski definition) is 2. The second-order valence-corrected chi connectivity index (χ2v) is 6.56. The highest BCUT2D eigenvalue weighted by Crippen LogP contribution is 2.25. The molecule has 0 saturated carbocycles. The molecule has 0 radical (unpaired) electrons. The van der Waals surface area contributed by atoms with Gasteiger partial charge < -0.3 is 19.7 Å². The maximum absolute atomic E-state index is 12.4. The Labute approximate surface area is 139 Å². The number of aromatic nitrogens is 1. The molecule has 1 unspecified atom stereocenters. The van der Waals surface area contributed by atoms with E-state index in [1.165, 1.54) is 0 Å². The van der Waals surface area contributed by atoms with Crippen molar-refractivity contribution in [1.29, 1.82) is 0 Å². The van der Waals surface area contributed by atoms with Gasteiger partial charge >= 0.3 is 6.03 Å². The average molecular weight is 335 g/mol. The minimum Gasteiger partial charge on any atom is -0.438 e. The Morgan fingerprint density at radius 1 is 1.52 bits per heavy atom. The number of thiophene rings is 1. The maximum Gasteiger partial charge on any atom is 0.318 e. The molecule has 2 aromatic rings. The third-order valence-corrected chi connectivity index (χ3v) is 4.94. The Balaban J connectivity index is 1.56. The zero-order chi connectivity index (χ0) is 16.1. The van der Waals surface area contributed by atoms with E-state index < -0.39 is 0 Å². The van der Waals surface area contributed by atoms with Gasteiger partial charge in [0.15, 0.2) is 5.76 Å². The van der Waals surface area contributed by atoms with Crippen LogP contribution in [-0.4, -0.2) is 40.2 Å². The summed E-state index contributed by atoms with van der Waals surface area (Å²) in [6, 6.07) is 3.95. The number of nitrogens with zero attached hydrogens (tertiary/aromatic N) is 2. The van der Waals surface area contributed by atoms with E-state index >= 15 is 0 Å². The molecule has 0 aliphatic carbocycles. The average Bonchev–Trinajstić information content (AvgIpc) is 3.24. The Morgan fingerprint density at radius 2 is 2.43 bits per heavy atom. The number of hydrogen-bond acceptors (Lipinski definition) is 5. The lowest BCUT2D eigenvalue weighted by atomic mass is 10.0. The molecule has 124 valence electrons. The fraction of sp³-hybridized carbons (Fsp3) is 0.500. The van der Waals surface area contributed by atoms with Gasteiger partial charge in [0.2, 0.25) is 5.89 Å². The van der Waals surface area contributed by atoms with Gasteiger partial charge in [-0.25, -0.2) is 9.78 Å². The predicted molar refractivity (Wildman–Crippen MR) is 88.1 cm³/mol. The van der Waals surface area contributed by atoms with E-state index in [-0.39, 0.29) is 25.2 Å². The van der Waals surface area contributed by atoms with Crippen molar-refractivity contribution < 1.29 is 14.3 Å². The van der Waals surface area contributed by atoms with Crippen molar-refractivity contribution in [2.24, 2.45) is 0 Å². The van der Waals surface area contributed by atoms with Crippen LogP contribution in [0.15, 0.2) is 28.1 Å². The number of likely N-dealkylation sites (tertiary alicyclic amines) is 1. The summed E-state index contributed by atoms with van der Waals surface area (Å²) in [5.41, 5.74) is 0. The molecule has 1 fully saturated rings. The van der Waals surface area contributed by atoms with E-state index in [0.29, 0.717) is 12.3 Å². The van der Waals surface area contributed by atoms with Crippen LogP contribution in [0.25, 0.3) is 10.6 Å². The monoisotopic (exact) mass is 335 g/mol. The largest absolute Gasteiger partial charge is 0.438 e. The van der Waals surface area contributed by atoms with Gasteiger partial charge in [0.1, 0.15) is 0 Å². The molecule has 0 aromatic carbocycles. The Morgan fingerprint density at radius 3 is 3.22 bits per heavy atom. The van der Waals surface area contributed by atoms with Crippen molar-refractivity contribution in [2.75, 3.05) is 13.2 Å². The van der Waals surface area contributed by atoms with Crippen LogP contribution >= 0.6 is 11.3 Å². The normalized spacial score (nSPS) is 18.1. The number of piperidine rings is 1. The standard InChI is InChI=1S/C16H21N3O3S/c20-8-6-12-4-1-2-7-19(12)16(21)18-11-15-17-10-13(22-15)14-5-3-9-23-14/h3,5,9-10,12,20H,1-2,4,6-8,11H2,(H,18,21). The molecular formula is C16H21N3O3S. The first-order chi connectivity index (χ1) is 11.3. The number of aliphatic hydroxyl groups is 1. The summed E-state index contributed by atoms with van der Waals surface area (Å²) >= 11 is 1.59. The van der Waals surface area contributed by atoms with Crippen LogP contribution < -0.4 is 5.32 Å². The van der Waals surface area contributed by atoms with Gasteiger partial charge in [-0.3, -0.25) is 0 Å². The molecule has 2 aromatic heterocycles. The molecule has 6 nitrogen and oxygen atoms in total. The van der Waals surface area contributed by atoms with Crippen molar-refractivity contribution in [3.05, 3.63) is 29.6 Å². The fourth-order valence-corrected chi connectivity index (χ4v) is 3.57. The minimum atomic E-state index is -0.112. The summed E-state index contributed by atoms with van der Waals surface area (Å²) in [5.74, 6) is 1.22. The molecule has 3 rings (SSSR count). The predicted octanol–water partition coefficient (Wildman–Crippen LogP) is 2.85. The van der Waals surface area contributed by atoms with E-state index in [9.17, 15) is 4.79 Å². The summed E-state index contributed by atoms with van der Waals surface area (Å²) < 4.78 is 5.67. The van der Waals surface area contributed by atoms with E-state index in [0.717, 1.165) is 36.4 Å². The van der Waals surface area contributed by atoms with Crippen molar-refractivity contribution in [3.8, 4) is 10.6 Å². The van der Waals surface area contributed by atoms with Crippen LogP contribution in [0.1, 0.15) is 31.6 Å². The fourth-order valence-electron chi connectivity index (χ4n) is 2.89. The van der Waals surface area contributed by atoms with Crippen LogP contribution in [0, 0.1) is 0 Å². The van der Waals surface area contributed by atoms with Gasteiger partial charge in [-0.2, -0.15) is 0 Å². The van der Waals surface area contributed by atoms with Crippen molar-refractivity contribution in [3.63, 3.8) is 0 Å². The van der Waals surface area contributed by atoms with Crippen LogP contribution in [0.3, 0.4) is 0 Å². The Hall–Kier alpha value is -1.86. The molecule has 1 saturated heterocycles. The van der Waals surface area contributed by atoms with E-state index in [1.54, 1.807) is 17.5 Å².